The molecule has 0 aliphatic carbocycles. The third-order valence-electron chi connectivity index (χ3n) is 2.64. The van der Waals surface area contributed by atoms with Crippen LogP contribution in [-0.4, -0.2) is 17.4 Å². The molecule has 1 aromatic heterocycles. The zero-order chi connectivity index (χ0) is 13.7. The number of furan rings is 1. The van der Waals surface area contributed by atoms with Crippen molar-refractivity contribution in [3.8, 4) is 0 Å². The molecule has 0 fully saturated rings. The van der Waals surface area contributed by atoms with Gasteiger partial charge in [0.25, 0.3) is 5.91 Å². The highest BCUT2D eigenvalue weighted by Gasteiger charge is 2.18. The Morgan fingerprint density at radius 1 is 1.26 bits per heavy atom. The van der Waals surface area contributed by atoms with E-state index in [1.165, 1.54) is 0 Å². The fourth-order valence-corrected chi connectivity index (χ4v) is 2.07. The van der Waals surface area contributed by atoms with Crippen LogP contribution in [0.1, 0.15) is 16.1 Å². The minimum Gasteiger partial charge on any atom is -0.444 e. The van der Waals surface area contributed by atoms with Gasteiger partial charge in [-0.2, -0.15) is 0 Å². The first kappa shape index (κ1) is 13.6. The van der Waals surface area contributed by atoms with E-state index in [1.54, 1.807) is 23.1 Å². The van der Waals surface area contributed by atoms with Gasteiger partial charge in [0.05, 0.1) is 0 Å². The van der Waals surface area contributed by atoms with Crippen LogP contribution in [0.5, 0.6) is 0 Å². The smallest absolute Gasteiger partial charge is 0.290 e. The first-order valence-corrected chi connectivity index (χ1v) is 6.69. The number of hydrogen-bond acceptors (Lipinski definition) is 2. The molecule has 0 atom stereocenters. The molecule has 19 heavy (non-hydrogen) atoms. The van der Waals surface area contributed by atoms with E-state index in [4.69, 9.17) is 4.42 Å². The van der Waals surface area contributed by atoms with Crippen molar-refractivity contribution >= 4 is 21.8 Å². The number of rotatable bonds is 5. The van der Waals surface area contributed by atoms with E-state index in [0.717, 1.165) is 5.56 Å². The highest BCUT2D eigenvalue weighted by atomic mass is 79.9. The summed E-state index contributed by atoms with van der Waals surface area (Å²) in [6, 6.07) is 13.2. The maximum atomic E-state index is 12.3. The minimum atomic E-state index is -0.144. The second kappa shape index (κ2) is 6.38. The SMILES string of the molecule is C=CCN(Cc1ccccc1)C(=O)c1ccc(Br)o1. The van der Waals surface area contributed by atoms with Crippen molar-refractivity contribution in [1.82, 2.24) is 4.90 Å². The molecule has 0 saturated carbocycles. The largest absolute Gasteiger partial charge is 0.444 e. The molecule has 0 unspecified atom stereocenters. The van der Waals surface area contributed by atoms with Gasteiger partial charge in [-0.05, 0) is 33.6 Å². The van der Waals surface area contributed by atoms with Crippen molar-refractivity contribution in [2.75, 3.05) is 6.54 Å². The number of carbonyl (C=O) groups excluding carboxylic acids is 1. The highest BCUT2D eigenvalue weighted by Crippen LogP contribution is 2.17. The van der Waals surface area contributed by atoms with Gasteiger partial charge in [0, 0.05) is 13.1 Å². The van der Waals surface area contributed by atoms with Gasteiger partial charge < -0.3 is 9.32 Å². The van der Waals surface area contributed by atoms with Gasteiger partial charge in [-0.1, -0.05) is 36.4 Å². The van der Waals surface area contributed by atoms with Gasteiger partial charge in [0.15, 0.2) is 10.4 Å². The summed E-state index contributed by atoms with van der Waals surface area (Å²) in [4.78, 5) is 14.0. The second-order valence-electron chi connectivity index (χ2n) is 4.06. The molecule has 1 amide bonds. The fourth-order valence-electron chi connectivity index (χ4n) is 1.76. The molecular formula is C15H14BrNO2. The predicted molar refractivity (Wildman–Crippen MR) is 77.8 cm³/mol. The van der Waals surface area contributed by atoms with Gasteiger partial charge in [-0.25, -0.2) is 0 Å². The summed E-state index contributed by atoms with van der Waals surface area (Å²) in [6.07, 6.45) is 1.71. The molecule has 0 radical (unpaired) electrons. The second-order valence-corrected chi connectivity index (χ2v) is 4.85. The molecule has 0 N–H and O–H groups in total. The Morgan fingerprint density at radius 2 is 2.00 bits per heavy atom. The number of hydrogen-bond donors (Lipinski definition) is 0. The maximum Gasteiger partial charge on any atom is 0.290 e. The molecule has 0 spiro atoms. The van der Waals surface area contributed by atoms with E-state index in [2.05, 4.69) is 22.5 Å². The number of benzene rings is 1. The number of nitrogens with zero attached hydrogens (tertiary/aromatic N) is 1. The predicted octanol–water partition coefficient (Wildman–Crippen LogP) is 3.87. The summed E-state index contributed by atoms with van der Waals surface area (Å²) in [5.41, 5.74) is 1.07. The van der Waals surface area contributed by atoms with E-state index in [0.29, 0.717) is 23.5 Å². The molecule has 0 aliphatic rings. The Bertz CT molecular complexity index is 563. The first-order valence-electron chi connectivity index (χ1n) is 5.90. The average molecular weight is 320 g/mol. The molecule has 4 heteroatoms. The quantitative estimate of drug-likeness (QED) is 0.784. The fraction of sp³-hybridized carbons (Fsp3) is 0.133. The van der Waals surface area contributed by atoms with Crippen molar-refractivity contribution < 1.29 is 9.21 Å². The Hall–Kier alpha value is -1.81. The van der Waals surface area contributed by atoms with E-state index in [1.807, 2.05) is 30.3 Å². The Morgan fingerprint density at radius 3 is 2.58 bits per heavy atom. The first-order chi connectivity index (χ1) is 9.20. The molecule has 0 bridgehead atoms. The van der Waals surface area contributed by atoms with Crippen LogP contribution in [-0.2, 0) is 6.54 Å². The standard InChI is InChI=1S/C15H14BrNO2/c1-2-10-17(11-12-6-4-3-5-7-12)15(18)13-8-9-14(16)19-13/h2-9H,1,10-11H2. The van der Waals surface area contributed by atoms with Gasteiger partial charge in [-0.3, -0.25) is 4.79 Å². The number of amides is 1. The molecule has 2 rings (SSSR count). The van der Waals surface area contributed by atoms with Gasteiger partial charge >= 0.3 is 0 Å². The van der Waals surface area contributed by atoms with Crippen LogP contribution in [0.2, 0.25) is 0 Å². The summed E-state index contributed by atoms with van der Waals surface area (Å²) < 4.78 is 5.85. The van der Waals surface area contributed by atoms with E-state index in [-0.39, 0.29) is 5.91 Å². The highest BCUT2D eigenvalue weighted by molar-refractivity contribution is 9.10. The van der Waals surface area contributed by atoms with Crippen LogP contribution in [0.4, 0.5) is 0 Å². The lowest BCUT2D eigenvalue weighted by Gasteiger charge is -2.20. The lowest BCUT2D eigenvalue weighted by molar-refractivity contribution is 0.0729. The molecule has 1 aromatic carbocycles. The van der Waals surface area contributed by atoms with Gasteiger partial charge in [0.1, 0.15) is 0 Å². The van der Waals surface area contributed by atoms with Crippen molar-refractivity contribution in [1.29, 1.82) is 0 Å². The maximum absolute atomic E-state index is 12.3. The van der Waals surface area contributed by atoms with E-state index < -0.39 is 0 Å². The minimum absolute atomic E-state index is 0.144. The zero-order valence-corrected chi connectivity index (χ0v) is 12.0. The number of halogens is 1. The number of carbonyl (C=O) groups is 1. The van der Waals surface area contributed by atoms with Crippen LogP contribution in [0, 0.1) is 0 Å². The van der Waals surface area contributed by atoms with Gasteiger partial charge in [0.2, 0.25) is 0 Å². The van der Waals surface area contributed by atoms with E-state index >= 15 is 0 Å². The average Bonchev–Trinajstić information content (AvgIpc) is 2.85. The van der Waals surface area contributed by atoms with Gasteiger partial charge in [-0.15, -0.1) is 6.58 Å². The van der Waals surface area contributed by atoms with Crippen molar-refractivity contribution in [3.63, 3.8) is 0 Å². The van der Waals surface area contributed by atoms with E-state index in [9.17, 15) is 4.79 Å². The monoisotopic (exact) mass is 319 g/mol. The summed E-state index contributed by atoms with van der Waals surface area (Å²) in [7, 11) is 0. The molecule has 2 aromatic rings. The zero-order valence-electron chi connectivity index (χ0n) is 10.4. The van der Waals surface area contributed by atoms with Crippen molar-refractivity contribution in [3.05, 3.63) is 71.1 Å². The lowest BCUT2D eigenvalue weighted by atomic mass is 10.2. The summed E-state index contributed by atoms with van der Waals surface area (Å²) in [5.74, 6) is 0.180. The molecule has 0 aliphatic heterocycles. The Balaban J connectivity index is 2.15. The van der Waals surface area contributed by atoms with Crippen LogP contribution in [0.25, 0.3) is 0 Å². The van der Waals surface area contributed by atoms with Crippen LogP contribution in [0.15, 0.2) is 64.2 Å². The lowest BCUT2D eigenvalue weighted by Crippen LogP contribution is -2.30. The Labute approximate surface area is 120 Å². The molecular weight excluding hydrogens is 306 g/mol. The summed E-state index contributed by atoms with van der Waals surface area (Å²) >= 11 is 3.20. The molecule has 98 valence electrons. The third kappa shape index (κ3) is 3.58. The summed E-state index contributed by atoms with van der Waals surface area (Å²) in [5, 5.41) is 0. The summed E-state index contributed by atoms with van der Waals surface area (Å²) in [6.45, 7) is 4.70. The molecule has 1 heterocycles. The van der Waals surface area contributed by atoms with Crippen LogP contribution in [0.3, 0.4) is 0 Å². The normalized spacial score (nSPS) is 10.2. The van der Waals surface area contributed by atoms with Crippen LogP contribution >= 0.6 is 15.9 Å². The third-order valence-corrected chi connectivity index (χ3v) is 3.06. The van der Waals surface area contributed by atoms with Crippen molar-refractivity contribution in [2.24, 2.45) is 0 Å². The van der Waals surface area contributed by atoms with Crippen LogP contribution < -0.4 is 0 Å². The van der Waals surface area contributed by atoms with Crippen molar-refractivity contribution in [2.45, 2.75) is 6.54 Å². The molecule has 0 saturated heterocycles. The topological polar surface area (TPSA) is 33.5 Å². The molecule has 3 nitrogen and oxygen atoms in total. The Kier molecular flexibility index (Phi) is 4.58.